The zero-order chi connectivity index (χ0) is 17.9. The molecule has 0 aliphatic heterocycles. The predicted octanol–water partition coefficient (Wildman–Crippen LogP) is 6.63. The van der Waals surface area contributed by atoms with E-state index in [0.29, 0.717) is 11.5 Å². The molecule has 130 valence electrons. The van der Waals surface area contributed by atoms with Crippen LogP contribution in [0.15, 0.2) is 46.6 Å². The van der Waals surface area contributed by atoms with Gasteiger partial charge in [-0.1, -0.05) is 15.9 Å². The van der Waals surface area contributed by atoms with Gasteiger partial charge in [0.25, 0.3) is 0 Å². The predicted molar refractivity (Wildman–Crippen MR) is 113 cm³/mol. The van der Waals surface area contributed by atoms with Crippen LogP contribution in [0.3, 0.4) is 0 Å². The molecule has 0 aliphatic rings. The zero-order valence-corrected chi connectivity index (χ0v) is 20.4. The van der Waals surface area contributed by atoms with Gasteiger partial charge >= 0.3 is 0 Å². The minimum absolute atomic E-state index is 0.111. The van der Waals surface area contributed by atoms with Crippen molar-refractivity contribution < 1.29 is 14.6 Å². The third-order valence-corrected chi connectivity index (χ3v) is 5.76. The van der Waals surface area contributed by atoms with Crippen LogP contribution in [-0.4, -0.2) is 24.4 Å². The first kappa shape index (κ1) is 20.7. The van der Waals surface area contributed by atoms with Crippen LogP contribution >= 0.6 is 79.6 Å². The van der Waals surface area contributed by atoms with E-state index in [9.17, 15) is 5.11 Å². The Hall–Kier alpha value is 0.400. The Morgan fingerprint density at radius 1 is 0.792 bits per heavy atom. The van der Waals surface area contributed by atoms with Crippen LogP contribution in [0.5, 0.6) is 11.5 Å². The summed E-state index contributed by atoms with van der Waals surface area (Å²) in [6.07, 6.45) is -0.771. The summed E-state index contributed by atoms with van der Waals surface area (Å²) in [5.41, 5.74) is 1.11. The fourth-order valence-corrected chi connectivity index (χ4v) is 6.03. The van der Waals surface area contributed by atoms with Crippen molar-refractivity contribution in [3.8, 4) is 11.5 Å². The Balaban J connectivity index is 1.94. The first-order chi connectivity index (χ1) is 11.3. The summed E-state index contributed by atoms with van der Waals surface area (Å²) in [5.74, 6) is 1.29. The number of ether oxygens (including phenoxy) is 2. The molecule has 2 aromatic carbocycles. The quantitative estimate of drug-likeness (QED) is 0.381. The molecule has 1 N–H and O–H groups in total. The second kappa shape index (κ2) is 9.37. The zero-order valence-electron chi connectivity index (χ0n) is 12.5. The lowest BCUT2D eigenvalue weighted by atomic mass is 10.2. The molecule has 2 rings (SSSR count). The minimum Gasteiger partial charge on any atom is -0.488 e. The van der Waals surface area contributed by atoms with Gasteiger partial charge in [0.15, 0.2) is 0 Å². The van der Waals surface area contributed by atoms with E-state index in [1.54, 1.807) is 0 Å². The molecule has 1 unspecified atom stereocenters. The van der Waals surface area contributed by atoms with Crippen molar-refractivity contribution in [1.82, 2.24) is 0 Å². The van der Waals surface area contributed by atoms with Gasteiger partial charge in [0.2, 0.25) is 0 Å². The van der Waals surface area contributed by atoms with Gasteiger partial charge in [0.05, 0.1) is 17.9 Å². The van der Waals surface area contributed by atoms with Crippen LogP contribution in [-0.2, 0) is 0 Å². The Labute approximate surface area is 182 Å². The van der Waals surface area contributed by atoms with Crippen molar-refractivity contribution in [2.24, 2.45) is 0 Å². The number of benzene rings is 2. The van der Waals surface area contributed by atoms with E-state index in [-0.39, 0.29) is 13.2 Å². The van der Waals surface area contributed by atoms with Crippen LogP contribution in [0.2, 0.25) is 0 Å². The highest BCUT2D eigenvalue weighted by molar-refractivity contribution is 9.12. The lowest BCUT2D eigenvalue weighted by Crippen LogP contribution is -2.25. The largest absolute Gasteiger partial charge is 0.488 e. The molecule has 0 radical (unpaired) electrons. The maximum absolute atomic E-state index is 10.1. The lowest BCUT2D eigenvalue weighted by Gasteiger charge is -2.17. The highest BCUT2D eigenvalue weighted by Gasteiger charge is 2.14. The minimum atomic E-state index is -0.771. The molecule has 8 heteroatoms. The fourth-order valence-electron chi connectivity index (χ4n) is 1.90. The normalized spacial score (nSPS) is 12.1. The van der Waals surface area contributed by atoms with Gasteiger partial charge in [-0.15, -0.1) is 0 Å². The molecule has 0 bridgehead atoms. The molecule has 0 aromatic heterocycles. The monoisotopic (exact) mass is 648 g/mol. The summed E-state index contributed by atoms with van der Waals surface area (Å²) < 4.78 is 15.6. The van der Waals surface area contributed by atoms with Crippen molar-refractivity contribution in [2.45, 2.75) is 13.0 Å². The van der Waals surface area contributed by atoms with Gasteiger partial charge in [-0.05, 0) is 100 Å². The first-order valence-electron chi connectivity index (χ1n) is 6.81. The van der Waals surface area contributed by atoms with E-state index >= 15 is 0 Å². The number of aliphatic hydroxyl groups is 1. The number of aryl methyl sites for hydroxylation is 1. The van der Waals surface area contributed by atoms with Gasteiger partial charge in [0.1, 0.15) is 30.8 Å². The number of aliphatic hydroxyl groups excluding tert-OH is 1. The van der Waals surface area contributed by atoms with Crippen LogP contribution < -0.4 is 9.47 Å². The van der Waals surface area contributed by atoms with Crippen molar-refractivity contribution in [3.05, 3.63) is 52.2 Å². The molecular weight excluding hydrogens is 640 g/mol. The molecular formula is C16H13Br5O3. The molecule has 0 saturated carbocycles. The number of hydrogen-bond donors (Lipinski definition) is 1. The summed E-state index contributed by atoms with van der Waals surface area (Å²) in [5, 5.41) is 10.1. The lowest BCUT2D eigenvalue weighted by molar-refractivity contribution is 0.0616. The molecule has 1 atom stereocenters. The van der Waals surface area contributed by atoms with Crippen LogP contribution in [0.4, 0.5) is 0 Å². The molecule has 3 nitrogen and oxygen atoms in total. The van der Waals surface area contributed by atoms with E-state index in [4.69, 9.17) is 9.47 Å². The van der Waals surface area contributed by atoms with E-state index in [0.717, 1.165) is 27.9 Å². The van der Waals surface area contributed by atoms with E-state index in [1.807, 2.05) is 31.2 Å². The Morgan fingerprint density at radius 3 is 1.58 bits per heavy atom. The molecule has 0 spiro atoms. The maximum Gasteiger partial charge on any atom is 0.147 e. The molecule has 24 heavy (non-hydrogen) atoms. The standard InChI is InChI=1S/C16H13Br5O3/c1-8-2-11(18)15(12(19)3-8)23-6-10(22)7-24-16-13(20)4-9(17)5-14(16)21/h2-5,10,22H,6-7H2,1H3. The summed E-state index contributed by atoms with van der Waals surface area (Å²) in [7, 11) is 0. The Kier molecular flexibility index (Phi) is 8.08. The maximum atomic E-state index is 10.1. The molecule has 0 saturated heterocycles. The smallest absolute Gasteiger partial charge is 0.147 e. The summed E-state index contributed by atoms with van der Waals surface area (Å²) >= 11 is 17.2. The van der Waals surface area contributed by atoms with E-state index < -0.39 is 6.10 Å². The summed E-state index contributed by atoms with van der Waals surface area (Å²) in [6, 6.07) is 7.67. The van der Waals surface area contributed by atoms with Crippen LogP contribution in [0, 0.1) is 6.92 Å². The van der Waals surface area contributed by atoms with E-state index in [1.165, 1.54) is 0 Å². The molecule has 2 aromatic rings. The molecule has 0 aliphatic carbocycles. The third kappa shape index (κ3) is 5.71. The van der Waals surface area contributed by atoms with Crippen LogP contribution in [0.25, 0.3) is 0 Å². The highest BCUT2D eigenvalue weighted by Crippen LogP contribution is 2.37. The molecule has 0 fully saturated rings. The molecule has 0 heterocycles. The van der Waals surface area contributed by atoms with Crippen molar-refractivity contribution in [1.29, 1.82) is 0 Å². The van der Waals surface area contributed by atoms with Gasteiger partial charge in [-0.2, -0.15) is 0 Å². The Bertz CT molecular complexity index is 628. The van der Waals surface area contributed by atoms with E-state index in [2.05, 4.69) is 79.6 Å². The number of halogens is 5. The number of rotatable bonds is 6. The summed E-state index contributed by atoms with van der Waals surface area (Å²) in [4.78, 5) is 0. The van der Waals surface area contributed by atoms with Crippen molar-refractivity contribution >= 4 is 79.6 Å². The van der Waals surface area contributed by atoms with Crippen molar-refractivity contribution in [3.63, 3.8) is 0 Å². The van der Waals surface area contributed by atoms with Gasteiger partial charge in [0, 0.05) is 4.47 Å². The number of hydrogen-bond acceptors (Lipinski definition) is 3. The average Bonchev–Trinajstić information content (AvgIpc) is 2.44. The topological polar surface area (TPSA) is 38.7 Å². The van der Waals surface area contributed by atoms with Gasteiger partial charge < -0.3 is 14.6 Å². The first-order valence-corrected chi connectivity index (χ1v) is 10.8. The van der Waals surface area contributed by atoms with Gasteiger partial charge in [-0.25, -0.2) is 0 Å². The SMILES string of the molecule is Cc1cc(Br)c(OCC(O)COc2c(Br)cc(Br)cc2Br)c(Br)c1. The average molecular weight is 653 g/mol. The third-order valence-electron chi connectivity index (χ3n) is 2.95. The van der Waals surface area contributed by atoms with Gasteiger partial charge in [-0.3, -0.25) is 0 Å². The molecule has 0 amide bonds. The highest BCUT2D eigenvalue weighted by atomic mass is 79.9. The van der Waals surface area contributed by atoms with Crippen LogP contribution in [0.1, 0.15) is 5.56 Å². The summed E-state index contributed by atoms with van der Waals surface area (Å²) in [6.45, 7) is 2.22. The second-order valence-corrected chi connectivity index (χ2v) is 9.37. The second-order valence-electron chi connectivity index (χ2n) is 5.03. The van der Waals surface area contributed by atoms with Crippen molar-refractivity contribution in [2.75, 3.05) is 13.2 Å². The fraction of sp³-hybridized carbons (Fsp3) is 0.250. The Morgan fingerprint density at radius 2 is 1.17 bits per heavy atom.